The Kier molecular flexibility index (Phi) is 6.85. The monoisotopic (exact) mass is 441 g/mol. The molecular formula is C26H39N3O3. The first-order chi connectivity index (χ1) is 14.9. The molecule has 0 unspecified atom stereocenters. The Hall–Kier alpha value is -2.21. The van der Waals surface area contributed by atoms with Crippen molar-refractivity contribution in [2.75, 3.05) is 0 Å². The van der Waals surface area contributed by atoms with Crippen LogP contribution in [0.3, 0.4) is 0 Å². The molecule has 176 valence electrons. The third-order valence-electron chi connectivity index (χ3n) is 7.23. The minimum absolute atomic E-state index is 0.0106. The van der Waals surface area contributed by atoms with Gasteiger partial charge in [-0.2, -0.15) is 5.90 Å². The smallest absolute Gasteiger partial charge is 0.356 e. The van der Waals surface area contributed by atoms with E-state index in [1.54, 1.807) is 12.1 Å². The largest absolute Gasteiger partial charge is 0.370 e. The molecule has 0 aromatic heterocycles. The topological polar surface area (TPSA) is 85.0 Å². The fourth-order valence-electron chi connectivity index (χ4n) is 5.19. The molecule has 6 heteroatoms. The second kappa shape index (κ2) is 8.97. The molecule has 1 heterocycles. The predicted molar refractivity (Wildman–Crippen MR) is 127 cm³/mol. The van der Waals surface area contributed by atoms with Crippen LogP contribution in [0.2, 0.25) is 0 Å². The van der Waals surface area contributed by atoms with Crippen molar-refractivity contribution in [2.24, 2.45) is 27.6 Å². The molecule has 1 aromatic carbocycles. The van der Waals surface area contributed by atoms with Gasteiger partial charge in [0.05, 0.1) is 17.8 Å². The molecule has 3 rings (SSSR count). The molecule has 2 aliphatic rings. The van der Waals surface area contributed by atoms with Gasteiger partial charge in [-0.1, -0.05) is 53.7 Å². The Balaban J connectivity index is 1.92. The van der Waals surface area contributed by atoms with E-state index in [9.17, 15) is 9.59 Å². The lowest BCUT2D eigenvalue weighted by molar-refractivity contribution is -0.133. The maximum Gasteiger partial charge on any atom is 0.356 e. The molecule has 1 amide bonds. The molecule has 1 atom stereocenters. The summed E-state index contributed by atoms with van der Waals surface area (Å²) in [5, 5.41) is 0. The minimum atomic E-state index is -0.569. The molecule has 1 aliphatic carbocycles. The van der Waals surface area contributed by atoms with Crippen LogP contribution in [-0.2, 0) is 9.63 Å². The van der Waals surface area contributed by atoms with Crippen LogP contribution in [0.5, 0.6) is 0 Å². The average Bonchev–Trinajstić information content (AvgIpc) is 3.03. The Morgan fingerprint density at radius 3 is 2.25 bits per heavy atom. The van der Waals surface area contributed by atoms with Crippen molar-refractivity contribution in [3.8, 4) is 0 Å². The van der Waals surface area contributed by atoms with Gasteiger partial charge < -0.3 is 9.74 Å². The highest BCUT2D eigenvalue weighted by molar-refractivity contribution is 6.28. The van der Waals surface area contributed by atoms with Gasteiger partial charge in [-0.25, -0.2) is 4.79 Å². The summed E-state index contributed by atoms with van der Waals surface area (Å²) >= 11 is 0. The van der Waals surface area contributed by atoms with Crippen molar-refractivity contribution in [1.82, 2.24) is 4.90 Å². The van der Waals surface area contributed by atoms with E-state index < -0.39 is 11.6 Å². The number of nitrogens with two attached hydrogens (primary N) is 1. The van der Waals surface area contributed by atoms with E-state index in [0.717, 1.165) is 44.1 Å². The van der Waals surface area contributed by atoms with E-state index in [1.165, 1.54) is 6.21 Å². The van der Waals surface area contributed by atoms with E-state index in [-0.39, 0.29) is 22.8 Å². The van der Waals surface area contributed by atoms with Crippen LogP contribution in [0.15, 0.2) is 29.3 Å². The maximum atomic E-state index is 13.2. The molecule has 6 nitrogen and oxygen atoms in total. The molecule has 1 spiro atoms. The van der Waals surface area contributed by atoms with Gasteiger partial charge in [-0.3, -0.25) is 9.79 Å². The second-order valence-electron chi connectivity index (χ2n) is 11.7. The van der Waals surface area contributed by atoms with Crippen LogP contribution in [0.4, 0.5) is 0 Å². The lowest BCUT2D eigenvalue weighted by Crippen LogP contribution is -2.51. The number of hydrogen-bond acceptors (Lipinski definition) is 5. The van der Waals surface area contributed by atoms with Gasteiger partial charge in [0.25, 0.3) is 5.91 Å². The third-order valence-corrected chi connectivity index (χ3v) is 7.23. The number of hydrogen-bond donors (Lipinski definition) is 1. The fourth-order valence-corrected chi connectivity index (χ4v) is 5.19. The highest BCUT2D eigenvalue weighted by Gasteiger charge is 2.49. The molecule has 2 N–H and O–H groups in total. The van der Waals surface area contributed by atoms with Crippen molar-refractivity contribution >= 4 is 18.1 Å². The van der Waals surface area contributed by atoms with E-state index >= 15 is 0 Å². The average molecular weight is 442 g/mol. The summed E-state index contributed by atoms with van der Waals surface area (Å²) in [7, 11) is 0. The number of carbonyl (C=O) groups excluding carboxylic acids is 2. The van der Waals surface area contributed by atoms with Gasteiger partial charge in [0.1, 0.15) is 5.66 Å². The van der Waals surface area contributed by atoms with E-state index in [4.69, 9.17) is 10.9 Å². The lowest BCUT2D eigenvalue weighted by atomic mass is 9.69. The van der Waals surface area contributed by atoms with Crippen LogP contribution in [0.1, 0.15) is 102 Å². The molecule has 1 aromatic rings. The highest BCUT2D eigenvalue weighted by atomic mass is 16.7. The molecule has 1 fully saturated rings. The zero-order valence-electron chi connectivity index (χ0n) is 20.5. The first-order valence-corrected chi connectivity index (χ1v) is 11.8. The summed E-state index contributed by atoms with van der Waals surface area (Å²) in [6.45, 7) is 13.6. The number of aliphatic imine (C=N–C) groups is 1. The first-order valence-electron chi connectivity index (χ1n) is 11.8. The van der Waals surface area contributed by atoms with Gasteiger partial charge >= 0.3 is 5.97 Å². The quantitative estimate of drug-likeness (QED) is 0.617. The van der Waals surface area contributed by atoms with Gasteiger partial charge in [0, 0.05) is 0 Å². The number of nitrogens with zero attached hydrogens (tertiary/aromatic N) is 2. The Morgan fingerprint density at radius 2 is 1.75 bits per heavy atom. The Bertz CT molecular complexity index is 854. The first kappa shape index (κ1) is 24.4. The summed E-state index contributed by atoms with van der Waals surface area (Å²) in [5.41, 5.74) is 1.35. The van der Waals surface area contributed by atoms with Crippen LogP contribution in [0.25, 0.3) is 0 Å². The zero-order valence-corrected chi connectivity index (χ0v) is 20.5. The van der Waals surface area contributed by atoms with E-state index in [0.29, 0.717) is 11.5 Å². The van der Waals surface area contributed by atoms with Gasteiger partial charge in [0.2, 0.25) is 0 Å². The second-order valence-corrected chi connectivity index (χ2v) is 11.7. The summed E-state index contributed by atoms with van der Waals surface area (Å²) in [6.07, 6.45) is 7.25. The summed E-state index contributed by atoms with van der Waals surface area (Å²) in [6, 6.07) is 7.18. The Labute approximate surface area is 192 Å². The fraction of sp³-hybridized carbons (Fsp3) is 0.654. The van der Waals surface area contributed by atoms with Crippen molar-refractivity contribution in [1.29, 1.82) is 0 Å². The molecule has 0 radical (unpaired) electrons. The molecule has 0 saturated heterocycles. The molecule has 1 aliphatic heterocycles. The number of benzene rings is 1. The Morgan fingerprint density at radius 1 is 1.16 bits per heavy atom. The van der Waals surface area contributed by atoms with Gasteiger partial charge in [-0.15, -0.1) is 0 Å². The van der Waals surface area contributed by atoms with Gasteiger partial charge in [-0.05, 0) is 73.0 Å². The van der Waals surface area contributed by atoms with Crippen molar-refractivity contribution < 1.29 is 14.4 Å². The van der Waals surface area contributed by atoms with Crippen LogP contribution < -0.4 is 5.90 Å². The number of carbonyl (C=O) groups is 2. The summed E-state index contributed by atoms with van der Waals surface area (Å²) in [4.78, 5) is 36.2. The van der Waals surface area contributed by atoms with E-state index in [1.807, 2.05) is 17.0 Å². The van der Waals surface area contributed by atoms with Crippen molar-refractivity contribution in [2.45, 2.75) is 91.8 Å². The molecular weight excluding hydrogens is 402 g/mol. The lowest BCUT2D eigenvalue weighted by Gasteiger charge is -2.48. The van der Waals surface area contributed by atoms with Crippen LogP contribution in [-0.4, -0.2) is 28.7 Å². The number of rotatable bonds is 5. The summed E-state index contributed by atoms with van der Waals surface area (Å²) < 4.78 is 0. The van der Waals surface area contributed by atoms with Crippen molar-refractivity contribution in [3.63, 3.8) is 0 Å². The van der Waals surface area contributed by atoms with Crippen LogP contribution in [0, 0.1) is 16.7 Å². The predicted octanol–water partition coefficient (Wildman–Crippen LogP) is 5.43. The summed E-state index contributed by atoms with van der Waals surface area (Å²) in [5.74, 6) is 5.09. The molecule has 0 bridgehead atoms. The zero-order chi connectivity index (χ0) is 23.7. The minimum Gasteiger partial charge on any atom is -0.370 e. The van der Waals surface area contributed by atoms with Gasteiger partial charge in [0.15, 0.2) is 0 Å². The third kappa shape index (κ3) is 5.22. The highest BCUT2D eigenvalue weighted by Crippen LogP contribution is 2.49. The van der Waals surface area contributed by atoms with E-state index in [2.05, 4.69) is 46.4 Å². The van der Waals surface area contributed by atoms with Crippen LogP contribution >= 0.6 is 0 Å². The number of amides is 1. The maximum absolute atomic E-state index is 13.2. The SMILES string of the molecule is CC(C)(C)CC[C@H](c1ccc(C(=O)ON)cc1)N1C(=O)C=NC12CCC(C(C)(C)C)CC2. The molecule has 32 heavy (non-hydrogen) atoms. The standard InChI is InChI=1S/C26H39N3O3/c1-24(2,3)14-13-21(18-7-9-19(10-8-18)23(31)32-27)29-22(30)17-28-26(29)15-11-20(12-16-26)25(4,5)6/h7-10,17,20-21H,11-16,27H2,1-6H3/t20?,21-,26?/m1/s1. The molecule has 1 saturated carbocycles. The normalized spacial score (nSPS) is 24.8. The van der Waals surface area contributed by atoms with Crippen molar-refractivity contribution in [3.05, 3.63) is 35.4 Å².